The molecule has 0 saturated carbocycles. The van der Waals surface area contributed by atoms with Crippen molar-refractivity contribution in [3.05, 3.63) is 35.4 Å². The van der Waals surface area contributed by atoms with E-state index in [1.807, 2.05) is 6.92 Å². The van der Waals surface area contributed by atoms with Gasteiger partial charge in [-0.2, -0.15) is 0 Å². The molecule has 0 radical (unpaired) electrons. The summed E-state index contributed by atoms with van der Waals surface area (Å²) in [7, 11) is 1.51. The topological polar surface area (TPSA) is 59.1 Å². The van der Waals surface area contributed by atoms with Gasteiger partial charge in [0.1, 0.15) is 6.33 Å². The number of benzene rings is 1. The fraction of sp³-hybridized carbons (Fsp3) is 0.286. The quantitative estimate of drug-likeness (QED) is 0.849. The van der Waals surface area contributed by atoms with E-state index >= 15 is 0 Å². The van der Waals surface area contributed by atoms with Gasteiger partial charge in [0.25, 0.3) is 0 Å². The number of anilines is 3. The molecule has 0 aliphatic heterocycles. The predicted molar refractivity (Wildman–Crippen MR) is 82.1 cm³/mol. The van der Waals surface area contributed by atoms with E-state index < -0.39 is 5.82 Å². The minimum Gasteiger partial charge on any atom is -0.490 e. The first kappa shape index (κ1) is 15.3. The van der Waals surface area contributed by atoms with E-state index in [2.05, 4.69) is 20.6 Å². The Balaban J connectivity index is 2.33. The molecule has 7 heteroatoms. The summed E-state index contributed by atoms with van der Waals surface area (Å²) in [6.07, 6.45) is 2.32. The molecule has 2 aromatic rings. The highest BCUT2D eigenvalue weighted by molar-refractivity contribution is 6.31. The van der Waals surface area contributed by atoms with Gasteiger partial charge in [-0.25, -0.2) is 14.4 Å². The van der Waals surface area contributed by atoms with Crippen molar-refractivity contribution < 1.29 is 9.13 Å². The molecule has 0 bridgehead atoms. The van der Waals surface area contributed by atoms with Gasteiger partial charge in [0.2, 0.25) is 5.75 Å². The normalized spacial score (nSPS) is 10.3. The highest BCUT2D eigenvalue weighted by Crippen LogP contribution is 2.33. The monoisotopic (exact) mass is 310 g/mol. The Labute approximate surface area is 127 Å². The minimum absolute atomic E-state index is 0.0392. The molecule has 1 heterocycles. The average Bonchev–Trinajstić information content (AvgIpc) is 2.50. The molecule has 2 rings (SSSR count). The van der Waals surface area contributed by atoms with Crippen LogP contribution in [0.5, 0.6) is 5.75 Å². The van der Waals surface area contributed by atoms with Crippen LogP contribution in [0.2, 0.25) is 5.02 Å². The Kier molecular flexibility index (Phi) is 5.16. The van der Waals surface area contributed by atoms with Crippen LogP contribution < -0.4 is 15.4 Å². The van der Waals surface area contributed by atoms with Crippen LogP contribution >= 0.6 is 11.6 Å². The van der Waals surface area contributed by atoms with Crippen molar-refractivity contribution in [2.45, 2.75) is 13.3 Å². The molecule has 0 aliphatic carbocycles. The molecule has 0 saturated heterocycles. The zero-order valence-corrected chi connectivity index (χ0v) is 12.5. The van der Waals surface area contributed by atoms with E-state index in [1.165, 1.54) is 19.5 Å². The summed E-state index contributed by atoms with van der Waals surface area (Å²) < 4.78 is 19.2. The van der Waals surface area contributed by atoms with Crippen molar-refractivity contribution >= 4 is 28.9 Å². The summed E-state index contributed by atoms with van der Waals surface area (Å²) >= 11 is 5.76. The molecule has 0 fully saturated rings. The molecule has 0 atom stereocenters. The molecular weight excluding hydrogens is 295 g/mol. The molecule has 2 N–H and O–H groups in total. The fourth-order valence-corrected chi connectivity index (χ4v) is 1.93. The predicted octanol–water partition coefficient (Wildman–Crippen LogP) is 3.84. The standard InChI is InChI=1S/C14H16ClFN4O/c1-3-7-17-13-12(21-2)14(19-8-18-13)20-10-6-4-5-9(15)11(10)16/h4-6,8H,3,7H2,1-2H3,(H2,17,18,19,20). The number of nitrogens with one attached hydrogen (secondary N) is 2. The van der Waals surface area contributed by atoms with E-state index in [-0.39, 0.29) is 10.7 Å². The molecule has 21 heavy (non-hydrogen) atoms. The Morgan fingerprint density at radius 1 is 1.29 bits per heavy atom. The van der Waals surface area contributed by atoms with Crippen LogP contribution in [0, 0.1) is 5.82 Å². The zero-order chi connectivity index (χ0) is 15.2. The maximum absolute atomic E-state index is 13.9. The lowest BCUT2D eigenvalue weighted by Crippen LogP contribution is -2.07. The van der Waals surface area contributed by atoms with Gasteiger partial charge in [0, 0.05) is 6.54 Å². The van der Waals surface area contributed by atoms with Crippen LogP contribution in [0.25, 0.3) is 0 Å². The molecule has 0 amide bonds. The summed E-state index contributed by atoms with van der Waals surface area (Å²) in [4.78, 5) is 8.21. The summed E-state index contributed by atoms with van der Waals surface area (Å²) in [5.41, 5.74) is 0.223. The molecule has 0 aliphatic rings. The third-order valence-electron chi connectivity index (χ3n) is 2.76. The van der Waals surface area contributed by atoms with Crippen LogP contribution in [0.1, 0.15) is 13.3 Å². The maximum atomic E-state index is 13.9. The van der Waals surface area contributed by atoms with Crippen LogP contribution in [-0.4, -0.2) is 23.6 Å². The van der Waals surface area contributed by atoms with Crippen LogP contribution in [0.4, 0.5) is 21.7 Å². The van der Waals surface area contributed by atoms with Gasteiger partial charge in [0.15, 0.2) is 17.5 Å². The minimum atomic E-state index is -0.539. The van der Waals surface area contributed by atoms with Crippen molar-refractivity contribution in [3.63, 3.8) is 0 Å². The Hall–Kier alpha value is -2.08. The lowest BCUT2D eigenvalue weighted by atomic mass is 10.3. The number of rotatable bonds is 6. The molecule has 0 unspecified atom stereocenters. The van der Waals surface area contributed by atoms with Gasteiger partial charge < -0.3 is 15.4 Å². The highest BCUT2D eigenvalue weighted by atomic mass is 35.5. The van der Waals surface area contributed by atoms with E-state index in [0.29, 0.717) is 17.4 Å². The van der Waals surface area contributed by atoms with Crippen molar-refractivity contribution in [3.8, 4) is 5.75 Å². The zero-order valence-electron chi connectivity index (χ0n) is 11.8. The lowest BCUT2D eigenvalue weighted by Gasteiger charge is -2.14. The van der Waals surface area contributed by atoms with E-state index in [1.54, 1.807) is 12.1 Å². The van der Waals surface area contributed by atoms with Crippen LogP contribution in [0.3, 0.4) is 0 Å². The van der Waals surface area contributed by atoms with E-state index in [4.69, 9.17) is 16.3 Å². The van der Waals surface area contributed by atoms with Gasteiger partial charge in [-0.1, -0.05) is 24.6 Å². The van der Waals surface area contributed by atoms with E-state index in [0.717, 1.165) is 13.0 Å². The van der Waals surface area contributed by atoms with Crippen LogP contribution in [0.15, 0.2) is 24.5 Å². The Bertz CT molecular complexity index is 624. The van der Waals surface area contributed by atoms with Gasteiger partial charge in [-0.15, -0.1) is 0 Å². The van der Waals surface area contributed by atoms with Gasteiger partial charge >= 0.3 is 0 Å². The Morgan fingerprint density at radius 3 is 2.76 bits per heavy atom. The fourth-order valence-electron chi connectivity index (χ4n) is 1.75. The number of methoxy groups -OCH3 is 1. The largest absolute Gasteiger partial charge is 0.490 e. The van der Waals surface area contributed by atoms with Gasteiger partial charge in [-0.3, -0.25) is 0 Å². The summed E-state index contributed by atoms with van der Waals surface area (Å²) in [5, 5.41) is 6.04. The molecule has 112 valence electrons. The smallest absolute Gasteiger partial charge is 0.204 e. The first-order valence-electron chi connectivity index (χ1n) is 6.51. The van der Waals surface area contributed by atoms with Gasteiger partial charge in [0.05, 0.1) is 17.8 Å². The maximum Gasteiger partial charge on any atom is 0.204 e. The van der Waals surface area contributed by atoms with Crippen molar-refractivity contribution in [1.29, 1.82) is 0 Å². The third-order valence-corrected chi connectivity index (χ3v) is 3.05. The van der Waals surface area contributed by atoms with Crippen LogP contribution in [-0.2, 0) is 0 Å². The summed E-state index contributed by atoms with van der Waals surface area (Å²) in [6, 6.07) is 4.70. The molecule has 0 spiro atoms. The summed E-state index contributed by atoms with van der Waals surface area (Å²) in [6.45, 7) is 2.79. The Morgan fingerprint density at radius 2 is 2.05 bits per heavy atom. The molecular formula is C14H16ClFN4O. The second-order valence-electron chi connectivity index (χ2n) is 4.26. The number of halogens is 2. The van der Waals surface area contributed by atoms with Crippen molar-refractivity contribution in [1.82, 2.24) is 9.97 Å². The second kappa shape index (κ2) is 7.08. The van der Waals surface area contributed by atoms with Crippen molar-refractivity contribution in [2.24, 2.45) is 0 Å². The molecule has 1 aromatic carbocycles. The third kappa shape index (κ3) is 3.52. The first-order chi connectivity index (χ1) is 10.2. The summed E-state index contributed by atoms with van der Waals surface area (Å²) in [5.74, 6) is 0.805. The molecule has 1 aromatic heterocycles. The number of nitrogens with zero attached hydrogens (tertiary/aromatic N) is 2. The number of ether oxygens (including phenoxy) is 1. The average molecular weight is 311 g/mol. The number of hydrogen-bond acceptors (Lipinski definition) is 5. The molecule has 5 nitrogen and oxygen atoms in total. The van der Waals surface area contributed by atoms with E-state index in [9.17, 15) is 4.39 Å². The number of aromatic nitrogens is 2. The van der Waals surface area contributed by atoms with Gasteiger partial charge in [-0.05, 0) is 18.6 Å². The van der Waals surface area contributed by atoms with Crippen molar-refractivity contribution in [2.75, 3.05) is 24.3 Å². The first-order valence-corrected chi connectivity index (χ1v) is 6.89. The SMILES string of the molecule is CCCNc1ncnc(Nc2cccc(Cl)c2F)c1OC. The number of hydrogen-bond donors (Lipinski definition) is 2. The highest BCUT2D eigenvalue weighted by Gasteiger charge is 2.14. The second-order valence-corrected chi connectivity index (χ2v) is 4.66. The lowest BCUT2D eigenvalue weighted by molar-refractivity contribution is 0.415.